The molecule has 0 spiro atoms. The predicted molar refractivity (Wildman–Crippen MR) is 130 cm³/mol. The lowest BCUT2D eigenvalue weighted by Gasteiger charge is -2.32. The van der Waals surface area contributed by atoms with Crippen molar-refractivity contribution in [2.24, 2.45) is 0 Å². The highest BCUT2D eigenvalue weighted by Gasteiger charge is 2.31. The van der Waals surface area contributed by atoms with Crippen molar-refractivity contribution < 1.29 is 22.7 Å². The van der Waals surface area contributed by atoms with E-state index in [1.165, 1.54) is 11.9 Å². The van der Waals surface area contributed by atoms with Crippen LogP contribution in [0.4, 0.5) is 5.69 Å². The van der Waals surface area contributed by atoms with Crippen LogP contribution in [0.5, 0.6) is 5.75 Å². The number of carbonyl (C=O) groups excluding carboxylic acids is 2. The number of hydrogen-bond acceptors (Lipinski definition) is 5. The van der Waals surface area contributed by atoms with Gasteiger partial charge in [0.2, 0.25) is 21.8 Å². The zero-order valence-electron chi connectivity index (χ0n) is 19.9. The Balaban J connectivity index is 2.39. The smallest absolute Gasteiger partial charge is 0.244 e. The van der Waals surface area contributed by atoms with Gasteiger partial charge in [-0.1, -0.05) is 38.1 Å². The zero-order chi connectivity index (χ0) is 24.6. The van der Waals surface area contributed by atoms with Crippen LogP contribution in [0.3, 0.4) is 0 Å². The molecule has 1 N–H and O–H groups in total. The minimum absolute atomic E-state index is 0.154. The third kappa shape index (κ3) is 6.95. The fraction of sp³-hybridized carbons (Fsp3) is 0.417. The molecule has 2 aromatic rings. The highest BCUT2D eigenvalue weighted by molar-refractivity contribution is 7.92. The number of nitrogens with one attached hydrogen (secondary N) is 1. The van der Waals surface area contributed by atoms with Crippen LogP contribution < -0.4 is 14.4 Å². The van der Waals surface area contributed by atoms with Gasteiger partial charge in [-0.3, -0.25) is 13.9 Å². The Labute approximate surface area is 196 Å². The lowest BCUT2D eigenvalue weighted by atomic mass is 10.1. The molecule has 180 valence electrons. The maximum Gasteiger partial charge on any atom is 0.244 e. The number of rotatable bonds is 11. The number of sulfonamides is 1. The molecule has 0 saturated heterocycles. The van der Waals surface area contributed by atoms with Crippen LogP contribution in [0.25, 0.3) is 0 Å². The van der Waals surface area contributed by atoms with Gasteiger partial charge in [-0.2, -0.15) is 0 Å². The fourth-order valence-corrected chi connectivity index (χ4v) is 4.37. The number of carbonyl (C=O) groups is 2. The van der Waals surface area contributed by atoms with E-state index in [0.29, 0.717) is 17.9 Å². The lowest BCUT2D eigenvalue weighted by Crippen LogP contribution is -2.51. The van der Waals surface area contributed by atoms with Crippen molar-refractivity contribution in [3.63, 3.8) is 0 Å². The Hall–Kier alpha value is -3.07. The first kappa shape index (κ1) is 26.2. The molecule has 1 atom stereocenters. The number of aryl methyl sites for hydroxylation is 1. The summed E-state index contributed by atoms with van der Waals surface area (Å²) < 4.78 is 31.4. The SMILES string of the molecule is CCc1ccc(N(CC(=O)N(Cc2ccc(OC)cc2)C(CC)C(=O)NC)S(C)(=O)=O)cc1. The number of anilines is 1. The van der Waals surface area contributed by atoms with Crippen molar-refractivity contribution >= 4 is 27.5 Å². The molecule has 9 heteroatoms. The normalized spacial score (nSPS) is 12.0. The van der Waals surface area contributed by atoms with Gasteiger partial charge in [-0.15, -0.1) is 0 Å². The molecule has 0 aromatic heterocycles. The van der Waals surface area contributed by atoms with E-state index in [1.54, 1.807) is 31.4 Å². The van der Waals surface area contributed by atoms with Gasteiger partial charge in [-0.05, 0) is 48.2 Å². The summed E-state index contributed by atoms with van der Waals surface area (Å²) in [6.45, 7) is 3.56. The van der Waals surface area contributed by atoms with Crippen LogP contribution in [0.1, 0.15) is 31.4 Å². The first-order valence-corrected chi connectivity index (χ1v) is 12.7. The van der Waals surface area contributed by atoms with Gasteiger partial charge in [0.15, 0.2) is 0 Å². The molecular weight excluding hydrogens is 442 g/mol. The number of methoxy groups -OCH3 is 1. The van der Waals surface area contributed by atoms with Gasteiger partial charge in [0.1, 0.15) is 18.3 Å². The van der Waals surface area contributed by atoms with Crippen molar-refractivity contribution in [3.05, 3.63) is 59.7 Å². The Morgan fingerprint density at radius 2 is 1.58 bits per heavy atom. The Kier molecular flexibility index (Phi) is 9.28. The molecular formula is C24H33N3O5S. The molecule has 0 aliphatic carbocycles. The summed E-state index contributed by atoms with van der Waals surface area (Å²) in [5.41, 5.74) is 2.26. The van der Waals surface area contributed by atoms with Crippen LogP contribution in [0.15, 0.2) is 48.5 Å². The van der Waals surface area contributed by atoms with E-state index in [2.05, 4.69) is 5.32 Å². The number of hydrogen-bond donors (Lipinski definition) is 1. The zero-order valence-corrected chi connectivity index (χ0v) is 20.7. The summed E-state index contributed by atoms with van der Waals surface area (Å²) in [5, 5.41) is 2.60. The van der Waals surface area contributed by atoms with Crippen molar-refractivity contribution in [3.8, 4) is 5.75 Å². The number of nitrogens with zero attached hydrogens (tertiary/aromatic N) is 2. The molecule has 0 saturated carbocycles. The van der Waals surface area contributed by atoms with Crippen LogP contribution in [0.2, 0.25) is 0 Å². The molecule has 2 aromatic carbocycles. The Bertz CT molecular complexity index is 1040. The third-order valence-corrected chi connectivity index (χ3v) is 6.60. The van der Waals surface area contributed by atoms with Crippen molar-refractivity contribution in [1.82, 2.24) is 10.2 Å². The van der Waals surface area contributed by atoms with E-state index in [0.717, 1.165) is 28.1 Å². The largest absolute Gasteiger partial charge is 0.497 e. The molecule has 0 radical (unpaired) electrons. The lowest BCUT2D eigenvalue weighted by molar-refractivity contribution is -0.140. The molecule has 0 aliphatic rings. The highest BCUT2D eigenvalue weighted by Crippen LogP contribution is 2.21. The molecule has 2 rings (SSSR count). The second-order valence-corrected chi connectivity index (χ2v) is 9.60. The summed E-state index contributed by atoms with van der Waals surface area (Å²) >= 11 is 0. The third-order valence-electron chi connectivity index (χ3n) is 5.46. The van der Waals surface area contributed by atoms with E-state index >= 15 is 0 Å². The average molecular weight is 476 g/mol. The van der Waals surface area contributed by atoms with Gasteiger partial charge in [0.05, 0.1) is 19.1 Å². The van der Waals surface area contributed by atoms with Gasteiger partial charge in [-0.25, -0.2) is 8.42 Å². The summed E-state index contributed by atoms with van der Waals surface area (Å²) in [7, 11) is -0.659. The summed E-state index contributed by atoms with van der Waals surface area (Å²) in [6, 6.07) is 13.5. The molecule has 2 amide bonds. The van der Waals surface area contributed by atoms with Crippen LogP contribution >= 0.6 is 0 Å². The topological polar surface area (TPSA) is 96.0 Å². The van der Waals surface area contributed by atoms with Gasteiger partial charge >= 0.3 is 0 Å². The van der Waals surface area contributed by atoms with Gasteiger partial charge < -0.3 is 15.0 Å². The average Bonchev–Trinajstić information content (AvgIpc) is 2.81. The molecule has 0 heterocycles. The summed E-state index contributed by atoms with van der Waals surface area (Å²) in [4.78, 5) is 27.4. The molecule has 0 fully saturated rings. The predicted octanol–water partition coefficient (Wildman–Crippen LogP) is 2.58. The molecule has 33 heavy (non-hydrogen) atoms. The fourth-order valence-electron chi connectivity index (χ4n) is 3.53. The van der Waals surface area contributed by atoms with Crippen LogP contribution in [-0.2, 0) is 32.6 Å². The number of likely N-dealkylation sites (N-methyl/N-ethyl adjacent to an activating group) is 1. The summed E-state index contributed by atoms with van der Waals surface area (Å²) in [6.07, 6.45) is 2.27. The van der Waals surface area contributed by atoms with Crippen molar-refractivity contribution in [2.45, 2.75) is 39.3 Å². The first-order chi connectivity index (χ1) is 15.6. The monoisotopic (exact) mass is 475 g/mol. The maximum absolute atomic E-state index is 13.5. The minimum atomic E-state index is -3.74. The minimum Gasteiger partial charge on any atom is -0.497 e. The maximum atomic E-state index is 13.5. The quantitative estimate of drug-likeness (QED) is 0.539. The number of ether oxygens (including phenoxy) is 1. The van der Waals surface area contributed by atoms with Gasteiger partial charge in [0, 0.05) is 13.6 Å². The van der Waals surface area contributed by atoms with Gasteiger partial charge in [0.25, 0.3) is 0 Å². The van der Waals surface area contributed by atoms with E-state index < -0.39 is 28.5 Å². The van der Waals surface area contributed by atoms with E-state index in [-0.39, 0.29) is 12.5 Å². The first-order valence-electron chi connectivity index (χ1n) is 10.8. The Morgan fingerprint density at radius 3 is 2.03 bits per heavy atom. The number of amides is 2. The molecule has 0 bridgehead atoms. The summed E-state index contributed by atoms with van der Waals surface area (Å²) in [5.74, 6) is -0.0995. The van der Waals surface area contributed by atoms with Crippen LogP contribution in [-0.4, -0.2) is 58.1 Å². The number of benzene rings is 2. The van der Waals surface area contributed by atoms with Crippen molar-refractivity contribution in [2.75, 3.05) is 31.3 Å². The standard InChI is InChI=1S/C24H33N3O5S/c1-6-18-8-12-20(13-9-18)27(33(5,30)31)17-23(28)26(22(7-2)24(29)25-3)16-19-10-14-21(32-4)15-11-19/h8-15,22H,6-7,16-17H2,1-5H3,(H,25,29). The van der Waals surface area contributed by atoms with E-state index in [4.69, 9.17) is 4.74 Å². The van der Waals surface area contributed by atoms with Crippen LogP contribution in [0, 0.1) is 0 Å². The molecule has 8 nitrogen and oxygen atoms in total. The molecule has 0 aliphatic heterocycles. The second-order valence-electron chi connectivity index (χ2n) is 7.70. The highest BCUT2D eigenvalue weighted by atomic mass is 32.2. The van der Waals surface area contributed by atoms with E-state index in [1.807, 2.05) is 38.1 Å². The second kappa shape index (κ2) is 11.7. The van der Waals surface area contributed by atoms with E-state index in [9.17, 15) is 18.0 Å². The Morgan fingerprint density at radius 1 is 1.00 bits per heavy atom. The molecule has 1 unspecified atom stereocenters. The van der Waals surface area contributed by atoms with Crippen molar-refractivity contribution in [1.29, 1.82) is 0 Å².